The van der Waals surface area contributed by atoms with Crippen molar-refractivity contribution in [1.29, 1.82) is 0 Å². The zero-order valence-corrected chi connectivity index (χ0v) is 10.7. The van der Waals surface area contributed by atoms with Crippen LogP contribution in [0, 0.1) is 0 Å². The second-order valence-electron chi connectivity index (χ2n) is 3.08. The molecule has 0 aromatic heterocycles. The van der Waals surface area contributed by atoms with Crippen molar-refractivity contribution in [2.75, 3.05) is 0 Å². The third-order valence-electron chi connectivity index (χ3n) is 1.78. The van der Waals surface area contributed by atoms with Crippen LogP contribution in [0.3, 0.4) is 0 Å². The molecule has 0 nitrogen and oxygen atoms in total. The second kappa shape index (κ2) is 12.5. The molecule has 0 spiro atoms. The molecule has 3 aromatic carbocycles. The Morgan fingerprint density at radius 2 is 0.588 bits per heavy atom. The molecular weight excluding hydrogens is 248 g/mol. The number of benzene rings is 1. The molecule has 0 aliphatic heterocycles. The summed E-state index contributed by atoms with van der Waals surface area (Å²) in [5.74, 6) is 0. The van der Waals surface area contributed by atoms with E-state index in [9.17, 15) is 0 Å². The first kappa shape index (κ1) is 15.4. The van der Waals surface area contributed by atoms with Crippen molar-refractivity contribution in [3.8, 4) is 0 Å². The molecule has 88 valence electrons. The van der Waals surface area contributed by atoms with Gasteiger partial charge in [0, 0.05) is 0 Å². The molecule has 1 heteroatoms. The molecule has 0 fully saturated rings. The SMILES string of the molecule is [Fe+2].c1cc[cH-]c1.c1cc[cH-]c1.c1ccccc1. The van der Waals surface area contributed by atoms with E-state index in [-0.39, 0.29) is 17.1 Å². The van der Waals surface area contributed by atoms with Crippen molar-refractivity contribution in [3.63, 3.8) is 0 Å². The Balaban J connectivity index is 0.000000221. The zero-order chi connectivity index (χ0) is 11.3. The molecular formula is C16H16Fe. The Labute approximate surface area is 114 Å². The minimum Gasteiger partial charge on any atom is -0.214 e. The standard InChI is InChI=1S/C6H6.2C5H5.Fe/c1-2-4-6-5-3-1;2*1-2-4-5-3-1;/h1-6H;2*1-5H;/q;2*-1;+2. The molecule has 0 N–H and O–H groups in total. The quantitative estimate of drug-likeness (QED) is 0.414. The van der Waals surface area contributed by atoms with E-state index in [4.69, 9.17) is 0 Å². The molecule has 0 aliphatic rings. The van der Waals surface area contributed by atoms with Gasteiger partial charge in [-0.05, 0) is 0 Å². The molecule has 0 saturated carbocycles. The molecule has 3 aromatic rings. The third-order valence-corrected chi connectivity index (χ3v) is 1.78. The smallest absolute Gasteiger partial charge is 0.214 e. The molecule has 0 aliphatic carbocycles. The van der Waals surface area contributed by atoms with Gasteiger partial charge in [-0.3, -0.25) is 0 Å². The molecule has 0 atom stereocenters. The summed E-state index contributed by atoms with van der Waals surface area (Å²) in [6, 6.07) is 32.0. The molecule has 17 heavy (non-hydrogen) atoms. The van der Waals surface area contributed by atoms with Gasteiger partial charge in [-0.2, -0.15) is 36.4 Å². The molecule has 0 heterocycles. The molecule has 0 radical (unpaired) electrons. The summed E-state index contributed by atoms with van der Waals surface area (Å²) in [7, 11) is 0. The fourth-order valence-corrected chi connectivity index (χ4v) is 1.03. The van der Waals surface area contributed by atoms with E-state index in [0.717, 1.165) is 0 Å². The van der Waals surface area contributed by atoms with Gasteiger partial charge in [-0.25, -0.2) is 24.3 Å². The summed E-state index contributed by atoms with van der Waals surface area (Å²) in [6.07, 6.45) is 0. The van der Waals surface area contributed by atoms with Crippen molar-refractivity contribution >= 4 is 0 Å². The predicted octanol–water partition coefficient (Wildman–Crippen LogP) is 4.50. The number of rotatable bonds is 0. The minimum absolute atomic E-state index is 0. The maximum absolute atomic E-state index is 2.00. The maximum atomic E-state index is 2.00. The van der Waals surface area contributed by atoms with Crippen LogP contribution < -0.4 is 0 Å². The Morgan fingerprint density at radius 3 is 0.706 bits per heavy atom. The average molecular weight is 264 g/mol. The average Bonchev–Trinajstić information content (AvgIpc) is 3.10. The van der Waals surface area contributed by atoms with Gasteiger partial charge in [0.1, 0.15) is 0 Å². The monoisotopic (exact) mass is 264 g/mol. The number of hydrogen-bond acceptors (Lipinski definition) is 0. The normalized spacial score (nSPS) is 7.53. The van der Waals surface area contributed by atoms with Crippen molar-refractivity contribution in [3.05, 3.63) is 97.1 Å². The van der Waals surface area contributed by atoms with Crippen LogP contribution in [0.4, 0.5) is 0 Å². The van der Waals surface area contributed by atoms with E-state index in [0.29, 0.717) is 0 Å². The Hall–Kier alpha value is -1.56. The van der Waals surface area contributed by atoms with Gasteiger partial charge < -0.3 is 0 Å². The van der Waals surface area contributed by atoms with E-state index in [1.807, 2.05) is 97.1 Å². The topological polar surface area (TPSA) is 0 Å². The minimum atomic E-state index is 0. The maximum Gasteiger partial charge on any atom is 2.00 e. The van der Waals surface area contributed by atoms with Crippen molar-refractivity contribution < 1.29 is 17.1 Å². The summed E-state index contributed by atoms with van der Waals surface area (Å²) in [5.41, 5.74) is 0. The fraction of sp³-hybridized carbons (Fsp3) is 0. The van der Waals surface area contributed by atoms with Crippen LogP contribution in [0.5, 0.6) is 0 Å². The van der Waals surface area contributed by atoms with Crippen LogP contribution in [0.25, 0.3) is 0 Å². The molecule has 0 bridgehead atoms. The fourth-order valence-electron chi connectivity index (χ4n) is 1.03. The summed E-state index contributed by atoms with van der Waals surface area (Å²) < 4.78 is 0. The number of hydrogen-bond donors (Lipinski definition) is 0. The predicted molar refractivity (Wildman–Crippen MR) is 70.5 cm³/mol. The van der Waals surface area contributed by atoms with Gasteiger partial charge >= 0.3 is 17.1 Å². The van der Waals surface area contributed by atoms with Gasteiger partial charge in [0.05, 0.1) is 0 Å². The summed E-state index contributed by atoms with van der Waals surface area (Å²) in [5, 5.41) is 0. The van der Waals surface area contributed by atoms with Gasteiger partial charge in [0.2, 0.25) is 0 Å². The third kappa shape index (κ3) is 10.7. The van der Waals surface area contributed by atoms with E-state index in [1.54, 1.807) is 0 Å². The van der Waals surface area contributed by atoms with Crippen LogP contribution in [0.1, 0.15) is 0 Å². The van der Waals surface area contributed by atoms with Crippen molar-refractivity contribution in [2.45, 2.75) is 0 Å². The van der Waals surface area contributed by atoms with Gasteiger partial charge in [0.25, 0.3) is 0 Å². The van der Waals surface area contributed by atoms with Crippen LogP contribution in [0.15, 0.2) is 97.1 Å². The van der Waals surface area contributed by atoms with Gasteiger partial charge in [0.15, 0.2) is 0 Å². The Kier molecular flexibility index (Phi) is 11.4. The molecule has 3 rings (SSSR count). The van der Waals surface area contributed by atoms with Crippen LogP contribution in [-0.2, 0) is 17.1 Å². The van der Waals surface area contributed by atoms with Crippen molar-refractivity contribution in [1.82, 2.24) is 0 Å². The first-order valence-electron chi connectivity index (χ1n) is 5.33. The zero-order valence-electron chi connectivity index (χ0n) is 9.59. The molecule has 0 unspecified atom stereocenters. The van der Waals surface area contributed by atoms with E-state index >= 15 is 0 Å². The van der Waals surface area contributed by atoms with Gasteiger partial charge in [-0.1, -0.05) is 36.4 Å². The van der Waals surface area contributed by atoms with Crippen LogP contribution in [-0.4, -0.2) is 0 Å². The largest absolute Gasteiger partial charge is 2.00 e. The molecule has 0 saturated heterocycles. The summed E-state index contributed by atoms with van der Waals surface area (Å²) >= 11 is 0. The van der Waals surface area contributed by atoms with E-state index in [1.165, 1.54) is 0 Å². The Morgan fingerprint density at radius 1 is 0.353 bits per heavy atom. The first-order chi connectivity index (χ1) is 8.00. The summed E-state index contributed by atoms with van der Waals surface area (Å²) in [4.78, 5) is 0. The van der Waals surface area contributed by atoms with Crippen LogP contribution >= 0.6 is 0 Å². The van der Waals surface area contributed by atoms with E-state index < -0.39 is 0 Å². The second-order valence-corrected chi connectivity index (χ2v) is 3.08. The first-order valence-corrected chi connectivity index (χ1v) is 5.33. The van der Waals surface area contributed by atoms with Crippen molar-refractivity contribution in [2.24, 2.45) is 0 Å². The van der Waals surface area contributed by atoms with E-state index in [2.05, 4.69) is 0 Å². The van der Waals surface area contributed by atoms with Crippen LogP contribution in [0.2, 0.25) is 0 Å². The molecule has 0 amide bonds. The Bertz CT molecular complexity index is 297. The summed E-state index contributed by atoms with van der Waals surface area (Å²) in [6.45, 7) is 0. The van der Waals surface area contributed by atoms with Gasteiger partial charge in [-0.15, -0.1) is 0 Å².